The van der Waals surface area contributed by atoms with Crippen LogP contribution in [0, 0.1) is 0 Å². The highest BCUT2D eigenvalue weighted by Gasteiger charge is 2.40. The molecule has 2 aliphatic rings. The maximum Gasteiger partial charge on any atom is 0.0783 e. The van der Waals surface area contributed by atoms with E-state index in [4.69, 9.17) is 4.74 Å². The lowest BCUT2D eigenvalue weighted by Gasteiger charge is -2.41. The molecule has 0 aromatic heterocycles. The lowest BCUT2D eigenvalue weighted by atomic mass is 9.66. The van der Waals surface area contributed by atoms with Crippen LogP contribution in [-0.2, 0) is 4.74 Å². The van der Waals surface area contributed by atoms with Gasteiger partial charge in [0, 0.05) is 15.3 Å². The maximum atomic E-state index is 5.82. The molecule has 1 nitrogen and oxygen atoms in total. The van der Waals surface area contributed by atoms with Crippen molar-refractivity contribution in [2.75, 3.05) is 19.5 Å². The fraction of sp³-hybridized carbons (Fsp3) is 0.200. The summed E-state index contributed by atoms with van der Waals surface area (Å²) in [6.07, 6.45) is 2.15. The van der Waals surface area contributed by atoms with Crippen LogP contribution in [0.1, 0.15) is 17.0 Å². The maximum absolute atomic E-state index is 5.82. The molecule has 3 heteroatoms. The average molecular weight is 385 g/mol. The molecule has 0 saturated heterocycles. The Hall–Kier alpha value is -1.29. The zero-order valence-electron chi connectivity index (χ0n) is 12.9. The average Bonchev–Trinajstić information content (AvgIpc) is 2.58. The number of allylic oxidation sites excluding steroid dienone is 1. The molecule has 23 heavy (non-hydrogen) atoms. The molecule has 4 rings (SSSR count). The summed E-state index contributed by atoms with van der Waals surface area (Å²) in [4.78, 5) is 1.37. The predicted molar refractivity (Wildman–Crippen MR) is 102 cm³/mol. The second kappa shape index (κ2) is 6.31. The smallest absolute Gasteiger partial charge is 0.0783 e. The topological polar surface area (TPSA) is 9.23 Å². The summed E-state index contributed by atoms with van der Waals surface area (Å²) in [5.74, 6) is 0.367. The Morgan fingerprint density at radius 3 is 2.39 bits per heavy atom. The third-order valence-corrected chi connectivity index (χ3v) is 5.90. The Morgan fingerprint density at radius 2 is 1.70 bits per heavy atom. The summed E-state index contributed by atoms with van der Waals surface area (Å²) in [6, 6.07) is 19.4. The SMILES string of the molecule is CSC1=C2C(=C(c3ccccc3)C2c2ccc(Br)cc2)COC1. The molecule has 0 spiro atoms. The van der Waals surface area contributed by atoms with E-state index in [0.29, 0.717) is 5.92 Å². The Balaban J connectivity index is 1.88. The third kappa shape index (κ3) is 2.61. The van der Waals surface area contributed by atoms with Gasteiger partial charge in [0.2, 0.25) is 0 Å². The summed E-state index contributed by atoms with van der Waals surface area (Å²) in [7, 11) is 0. The van der Waals surface area contributed by atoms with E-state index < -0.39 is 0 Å². The van der Waals surface area contributed by atoms with Gasteiger partial charge in [-0.3, -0.25) is 0 Å². The molecule has 1 aliphatic carbocycles. The largest absolute Gasteiger partial charge is 0.372 e. The fourth-order valence-corrected chi connectivity index (χ4v) is 4.41. The van der Waals surface area contributed by atoms with Crippen molar-refractivity contribution in [2.45, 2.75) is 5.92 Å². The van der Waals surface area contributed by atoms with Gasteiger partial charge < -0.3 is 4.74 Å². The third-order valence-electron chi connectivity index (χ3n) is 4.54. The number of fused-ring (bicyclic) bond motifs is 1. The van der Waals surface area contributed by atoms with Crippen LogP contribution in [0.15, 0.2) is 75.1 Å². The molecule has 1 heterocycles. The first-order valence-electron chi connectivity index (χ1n) is 7.68. The van der Waals surface area contributed by atoms with Gasteiger partial charge in [0.1, 0.15) is 0 Å². The molecule has 1 aliphatic heterocycles. The highest BCUT2D eigenvalue weighted by atomic mass is 79.9. The first kappa shape index (κ1) is 15.3. The van der Waals surface area contributed by atoms with E-state index in [1.165, 1.54) is 32.8 Å². The Labute approximate surface area is 149 Å². The molecule has 1 unspecified atom stereocenters. The van der Waals surface area contributed by atoms with E-state index in [-0.39, 0.29) is 0 Å². The van der Waals surface area contributed by atoms with Crippen LogP contribution in [0.4, 0.5) is 0 Å². The molecule has 0 radical (unpaired) electrons. The van der Waals surface area contributed by atoms with Gasteiger partial charge in [-0.05, 0) is 46.2 Å². The van der Waals surface area contributed by atoms with Crippen molar-refractivity contribution in [1.29, 1.82) is 0 Å². The van der Waals surface area contributed by atoms with Crippen molar-refractivity contribution in [3.8, 4) is 0 Å². The van der Waals surface area contributed by atoms with Crippen LogP contribution in [0.2, 0.25) is 0 Å². The molecule has 0 fully saturated rings. The summed E-state index contributed by atoms with van der Waals surface area (Å²) in [5, 5.41) is 0. The predicted octanol–water partition coefficient (Wildman–Crippen LogP) is 5.65. The highest BCUT2D eigenvalue weighted by Crippen LogP contribution is 2.56. The minimum atomic E-state index is 0.367. The van der Waals surface area contributed by atoms with Crippen LogP contribution in [0.3, 0.4) is 0 Å². The van der Waals surface area contributed by atoms with Gasteiger partial charge in [-0.1, -0.05) is 58.4 Å². The van der Waals surface area contributed by atoms with Gasteiger partial charge in [0.25, 0.3) is 0 Å². The van der Waals surface area contributed by atoms with Gasteiger partial charge in [0.05, 0.1) is 13.2 Å². The zero-order valence-corrected chi connectivity index (χ0v) is 15.3. The van der Waals surface area contributed by atoms with Crippen LogP contribution < -0.4 is 0 Å². The first-order valence-corrected chi connectivity index (χ1v) is 9.70. The van der Waals surface area contributed by atoms with Crippen molar-refractivity contribution >= 4 is 33.3 Å². The van der Waals surface area contributed by atoms with Gasteiger partial charge >= 0.3 is 0 Å². The molecular weight excluding hydrogens is 368 g/mol. The molecule has 0 N–H and O–H groups in total. The molecule has 0 bridgehead atoms. The summed E-state index contributed by atoms with van der Waals surface area (Å²) >= 11 is 5.36. The van der Waals surface area contributed by atoms with Gasteiger partial charge in [-0.15, -0.1) is 11.8 Å². The lowest BCUT2D eigenvalue weighted by Crippen LogP contribution is -2.28. The second-order valence-electron chi connectivity index (χ2n) is 5.78. The van der Waals surface area contributed by atoms with E-state index in [2.05, 4.69) is 76.8 Å². The zero-order chi connectivity index (χ0) is 15.8. The van der Waals surface area contributed by atoms with Crippen molar-refractivity contribution in [3.63, 3.8) is 0 Å². The van der Waals surface area contributed by atoms with Gasteiger partial charge in [-0.2, -0.15) is 0 Å². The normalized spacial score (nSPS) is 20.3. The van der Waals surface area contributed by atoms with Gasteiger partial charge in [0.15, 0.2) is 0 Å². The minimum absolute atomic E-state index is 0.367. The quantitative estimate of drug-likeness (QED) is 0.676. The van der Waals surface area contributed by atoms with Gasteiger partial charge in [-0.25, -0.2) is 0 Å². The Morgan fingerprint density at radius 1 is 0.957 bits per heavy atom. The van der Waals surface area contributed by atoms with Crippen molar-refractivity contribution in [1.82, 2.24) is 0 Å². The number of hydrogen-bond donors (Lipinski definition) is 0. The number of hydrogen-bond acceptors (Lipinski definition) is 2. The molecule has 116 valence electrons. The standard InChI is InChI=1S/C20H17BrOS/c1-23-17-12-22-11-16-18(13-5-3-2-4-6-13)19(20(16)17)14-7-9-15(21)10-8-14/h2-10,19H,11-12H2,1H3. The number of thioether (sulfide) groups is 1. The Kier molecular flexibility index (Phi) is 4.18. The Bertz CT molecular complexity index is 790. The molecule has 0 amide bonds. The van der Waals surface area contributed by atoms with Crippen molar-refractivity contribution in [3.05, 3.63) is 86.2 Å². The van der Waals surface area contributed by atoms with E-state index in [1.54, 1.807) is 0 Å². The van der Waals surface area contributed by atoms with E-state index in [0.717, 1.165) is 17.7 Å². The van der Waals surface area contributed by atoms with Crippen molar-refractivity contribution in [2.24, 2.45) is 0 Å². The van der Waals surface area contributed by atoms with E-state index >= 15 is 0 Å². The highest BCUT2D eigenvalue weighted by molar-refractivity contribution is 9.10. The number of rotatable bonds is 3. The summed E-state index contributed by atoms with van der Waals surface area (Å²) in [5.41, 5.74) is 6.98. The molecule has 2 aromatic carbocycles. The first-order chi connectivity index (χ1) is 11.3. The number of halogens is 1. The van der Waals surface area contributed by atoms with Crippen LogP contribution >= 0.6 is 27.7 Å². The second-order valence-corrected chi connectivity index (χ2v) is 7.59. The molecular formula is C20H17BrOS. The number of benzene rings is 2. The molecule has 2 aromatic rings. The van der Waals surface area contributed by atoms with E-state index in [1.807, 2.05) is 11.8 Å². The fourth-order valence-electron chi connectivity index (χ4n) is 3.48. The number of ether oxygens (including phenoxy) is 1. The van der Waals surface area contributed by atoms with E-state index in [9.17, 15) is 0 Å². The van der Waals surface area contributed by atoms with Crippen LogP contribution in [0.25, 0.3) is 5.57 Å². The van der Waals surface area contributed by atoms with Crippen molar-refractivity contribution < 1.29 is 4.74 Å². The minimum Gasteiger partial charge on any atom is -0.372 e. The monoisotopic (exact) mass is 384 g/mol. The summed E-state index contributed by atoms with van der Waals surface area (Å²) in [6.45, 7) is 1.48. The van der Waals surface area contributed by atoms with Crippen LogP contribution in [-0.4, -0.2) is 19.5 Å². The molecule has 1 atom stereocenters. The summed E-state index contributed by atoms with van der Waals surface area (Å²) < 4.78 is 6.94. The molecule has 0 saturated carbocycles. The van der Waals surface area contributed by atoms with Crippen LogP contribution in [0.5, 0.6) is 0 Å². The lowest BCUT2D eigenvalue weighted by molar-refractivity contribution is 0.174.